The zero-order chi connectivity index (χ0) is 25.1. The van der Waals surface area contributed by atoms with E-state index in [9.17, 15) is 9.18 Å². The number of carbonyl (C=O) groups excluding carboxylic acids is 1. The van der Waals surface area contributed by atoms with Gasteiger partial charge in [-0.25, -0.2) is 9.37 Å². The minimum atomic E-state index is -0.385. The summed E-state index contributed by atoms with van der Waals surface area (Å²) in [7, 11) is 0. The van der Waals surface area contributed by atoms with Gasteiger partial charge in [-0.2, -0.15) is 0 Å². The van der Waals surface area contributed by atoms with Crippen molar-refractivity contribution in [1.82, 2.24) is 24.7 Å². The number of nitrogens with zero attached hydrogens (tertiary/aromatic N) is 5. The molecule has 0 unspecified atom stereocenters. The fourth-order valence-electron chi connectivity index (χ4n) is 3.52. The van der Waals surface area contributed by atoms with Crippen LogP contribution < -0.4 is 5.32 Å². The van der Waals surface area contributed by atoms with E-state index in [-0.39, 0.29) is 11.7 Å². The van der Waals surface area contributed by atoms with Gasteiger partial charge in [-0.3, -0.25) is 14.3 Å². The predicted molar refractivity (Wildman–Crippen MR) is 140 cm³/mol. The molecule has 0 atom stereocenters. The van der Waals surface area contributed by atoms with Crippen LogP contribution in [0, 0.1) is 19.7 Å². The summed E-state index contributed by atoms with van der Waals surface area (Å²) in [6.45, 7) is 4.03. The van der Waals surface area contributed by atoms with Crippen LogP contribution in [0.25, 0.3) is 17.1 Å². The highest BCUT2D eigenvalue weighted by atomic mass is 32.2. The molecule has 36 heavy (non-hydrogen) atoms. The summed E-state index contributed by atoms with van der Waals surface area (Å²) in [4.78, 5) is 21.3. The maximum Gasteiger partial charge on any atom is 0.275 e. The van der Waals surface area contributed by atoms with Crippen molar-refractivity contribution in [1.29, 1.82) is 0 Å². The second-order valence-corrected chi connectivity index (χ2v) is 9.89. The van der Waals surface area contributed by atoms with E-state index < -0.39 is 0 Å². The van der Waals surface area contributed by atoms with Crippen LogP contribution in [0.3, 0.4) is 0 Å². The van der Waals surface area contributed by atoms with Gasteiger partial charge in [0.1, 0.15) is 16.5 Å². The highest BCUT2D eigenvalue weighted by molar-refractivity contribution is 7.98. The third-order valence-electron chi connectivity index (χ3n) is 5.52. The van der Waals surface area contributed by atoms with Crippen molar-refractivity contribution >= 4 is 34.7 Å². The van der Waals surface area contributed by atoms with Crippen molar-refractivity contribution in [2.45, 2.75) is 24.8 Å². The molecular formula is C26H21FN6OS2. The fourth-order valence-corrected chi connectivity index (χ4v) is 5.25. The Hall–Kier alpha value is -3.89. The minimum Gasteiger partial charge on any atom is -0.321 e. The molecule has 5 rings (SSSR count). The number of halogens is 1. The lowest BCUT2D eigenvalue weighted by Gasteiger charge is -2.10. The number of carbonyl (C=O) groups is 1. The van der Waals surface area contributed by atoms with Crippen LogP contribution in [0.4, 0.5) is 10.1 Å². The maximum absolute atomic E-state index is 14.8. The van der Waals surface area contributed by atoms with Gasteiger partial charge in [0.05, 0.1) is 11.4 Å². The standard InChI is InChI=1S/C26H21FN6OS2/c1-16-9-10-19(12-17(16)2)29-25(34)21-14-35-23(30-21)15-36-26-32-31-24(18-6-5-11-28-13-18)33(26)22-8-4-3-7-20(22)27/h3-14H,15H2,1-2H3,(H,29,34). The van der Waals surface area contributed by atoms with Crippen LogP contribution >= 0.6 is 23.1 Å². The smallest absolute Gasteiger partial charge is 0.275 e. The average molecular weight is 517 g/mol. The SMILES string of the molecule is Cc1ccc(NC(=O)c2csc(CSc3nnc(-c4cccnc4)n3-c3ccccc3F)n2)cc1C. The number of benzene rings is 2. The Morgan fingerprint density at radius 3 is 2.72 bits per heavy atom. The molecule has 5 aromatic rings. The number of pyridine rings is 1. The van der Waals surface area contributed by atoms with Gasteiger partial charge in [-0.15, -0.1) is 21.5 Å². The number of anilines is 1. The van der Waals surface area contributed by atoms with Crippen LogP contribution in [0.5, 0.6) is 0 Å². The quantitative estimate of drug-likeness (QED) is 0.264. The molecule has 0 saturated carbocycles. The predicted octanol–water partition coefficient (Wildman–Crippen LogP) is 6.09. The molecule has 180 valence electrons. The zero-order valence-electron chi connectivity index (χ0n) is 19.5. The molecule has 0 fully saturated rings. The molecule has 0 spiro atoms. The van der Waals surface area contributed by atoms with Gasteiger partial charge < -0.3 is 5.32 Å². The fraction of sp³-hybridized carbons (Fsp3) is 0.115. The highest BCUT2D eigenvalue weighted by Crippen LogP contribution is 2.31. The molecule has 10 heteroatoms. The first-order chi connectivity index (χ1) is 17.5. The first-order valence-corrected chi connectivity index (χ1v) is 12.9. The van der Waals surface area contributed by atoms with E-state index in [0.29, 0.717) is 28.1 Å². The molecule has 0 aliphatic heterocycles. The summed E-state index contributed by atoms with van der Waals surface area (Å²) in [5.41, 5.74) is 4.41. The topological polar surface area (TPSA) is 85.6 Å². The summed E-state index contributed by atoms with van der Waals surface area (Å²) < 4.78 is 16.4. The van der Waals surface area contributed by atoms with Crippen molar-refractivity contribution in [3.05, 3.63) is 100 Å². The normalized spacial score (nSPS) is 11.0. The van der Waals surface area contributed by atoms with E-state index in [4.69, 9.17) is 0 Å². The number of amides is 1. The number of aryl methyl sites for hydroxylation is 2. The lowest BCUT2D eigenvalue weighted by molar-refractivity contribution is 0.102. The second kappa shape index (κ2) is 10.4. The number of hydrogen-bond donors (Lipinski definition) is 1. The summed E-state index contributed by atoms with van der Waals surface area (Å²) >= 11 is 2.76. The number of thiazole rings is 1. The van der Waals surface area contributed by atoms with Gasteiger partial charge in [0.25, 0.3) is 5.91 Å². The van der Waals surface area contributed by atoms with Gasteiger partial charge in [0.15, 0.2) is 11.0 Å². The van der Waals surface area contributed by atoms with E-state index in [1.165, 1.54) is 29.2 Å². The Labute approximate surface area is 215 Å². The monoisotopic (exact) mass is 516 g/mol. The Morgan fingerprint density at radius 2 is 1.94 bits per heavy atom. The molecule has 1 N–H and O–H groups in total. The Morgan fingerprint density at radius 1 is 1.08 bits per heavy atom. The largest absolute Gasteiger partial charge is 0.321 e. The second-order valence-electron chi connectivity index (χ2n) is 8.00. The van der Waals surface area contributed by atoms with Crippen LogP contribution in [0.15, 0.2) is 77.5 Å². The minimum absolute atomic E-state index is 0.265. The Kier molecular flexibility index (Phi) is 6.88. The molecule has 2 aromatic carbocycles. The zero-order valence-corrected chi connectivity index (χ0v) is 21.1. The molecule has 0 aliphatic carbocycles. The molecule has 0 saturated heterocycles. The number of para-hydroxylation sites is 1. The van der Waals surface area contributed by atoms with Crippen LogP contribution in [-0.2, 0) is 5.75 Å². The molecule has 0 radical (unpaired) electrons. The molecule has 3 heterocycles. The first kappa shape index (κ1) is 23.8. The number of nitrogens with one attached hydrogen (secondary N) is 1. The van der Waals surface area contributed by atoms with Crippen molar-refractivity contribution in [3.63, 3.8) is 0 Å². The van der Waals surface area contributed by atoms with Crippen molar-refractivity contribution < 1.29 is 9.18 Å². The molecule has 3 aromatic heterocycles. The van der Waals surface area contributed by atoms with Gasteiger partial charge in [0, 0.05) is 29.0 Å². The Balaban J connectivity index is 1.36. The van der Waals surface area contributed by atoms with E-state index in [1.54, 1.807) is 46.6 Å². The van der Waals surface area contributed by atoms with Crippen LogP contribution in [0.2, 0.25) is 0 Å². The lowest BCUT2D eigenvalue weighted by Crippen LogP contribution is -2.12. The summed E-state index contributed by atoms with van der Waals surface area (Å²) in [6.07, 6.45) is 3.33. The van der Waals surface area contributed by atoms with Crippen molar-refractivity contribution in [2.75, 3.05) is 5.32 Å². The van der Waals surface area contributed by atoms with E-state index in [0.717, 1.165) is 27.4 Å². The average Bonchev–Trinajstić information content (AvgIpc) is 3.53. The van der Waals surface area contributed by atoms with Gasteiger partial charge in [-0.1, -0.05) is 30.0 Å². The molecular weight excluding hydrogens is 495 g/mol. The summed E-state index contributed by atoms with van der Waals surface area (Å²) in [5.74, 6) is 0.285. The number of rotatable bonds is 7. The molecule has 1 amide bonds. The maximum atomic E-state index is 14.8. The number of hydrogen-bond acceptors (Lipinski definition) is 7. The Bertz CT molecular complexity index is 1530. The van der Waals surface area contributed by atoms with E-state index in [2.05, 4.69) is 25.5 Å². The van der Waals surface area contributed by atoms with Crippen molar-refractivity contribution in [3.8, 4) is 17.1 Å². The van der Waals surface area contributed by atoms with E-state index in [1.807, 2.05) is 38.1 Å². The van der Waals surface area contributed by atoms with E-state index >= 15 is 0 Å². The first-order valence-electron chi connectivity index (χ1n) is 11.1. The lowest BCUT2D eigenvalue weighted by atomic mass is 10.1. The highest BCUT2D eigenvalue weighted by Gasteiger charge is 2.20. The van der Waals surface area contributed by atoms with Crippen LogP contribution in [-0.4, -0.2) is 30.6 Å². The summed E-state index contributed by atoms with van der Waals surface area (Å²) in [6, 6.07) is 15.9. The molecule has 0 aliphatic rings. The van der Waals surface area contributed by atoms with Gasteiger partial charge in [-0.05, 0) is 61.4 Å². The van der Waals surface area contributed by atoms with Crippen molar-refractivity contribution in [2.24, 2.45) is 0 Å². The third kappa shape index (κ3) is 5.05. The van der Waals surface area contributed by atoms with Crippen LogP contribution in [0.1, 0.15) is 26.6 Å². The number of aromatic nitrogens is 5. The molecule has 0 bridgehead atoms. The van der Waals surface area contributed by atoms with Gasteiger partial charge in [0.2, 0.25) is 0 Å². The number of thioether (sulfide) groups is 1. The molecule has 7 nitrogen and oxygen atoms in total. The third-order valence-corrected chi connectivity index (χ3v) is 7.49. The summed E-state index contributed by atoms with van der Waals surface area (Å²) in [5, 5.41) is 14.5. The van der Waals surface area contributed by atoms with Gasteiger partial charge >= 0.3 is 0 Å².